The van der Waals surface area contributed by atoms with Crippen LogP contribution in [-0.4, -0.2) is 12.2 Å². The molecule has 2 heteroatoms. The van der Waals surface area contributed by atoms with Crippen LogP contribution < -0.4 is 4.74 Å². The van der Waals surface area contributed by atoms with E-state index in [0.717, 1.165) is 29.7 Å². The Hall–Kier alpha value is -1.02. The summed E-state index contributed by atoms with van der Waals surface area (Å²) >= 11 is 0. The minimum Gasteiger partial charge on any atom is -0.497 e. The smallest absolute Gasteiger partial charge is 0.119 e. The quantitative estimate of drug-likeness (QED) is 0.875. The topological polar surface area (TPSA) is 29.5 Å². The number of methoxy groups -OCH3 is 1. The predicted molar refractivity (Wildman–Crippen MR) is 73.9 cm³/mol. The lowest BCUT2D eigenvalue weighted by Crippen LogP contribution is -2.28. The number of aryl methyl sites for hydroxylation is 1. The van der Waals surface area contributed by atoms with Gasteiger partial charge in [-0.25, -0.2) is 0 Å². The van der Waals surface area contributed by atoms with Crippen LogP contribution in [0.15, 0.2) is 18.2 Å². The zero-order chi connectivity index (χ0) is 13.2. The van der Waals surface area contributed by atoms with Gasteiger partial charge in [-0.15, -0.1) is 0 Å². The first kappa shape index (κ1) is 13.4. The summed E-state index contributed by atoms with van der Waals surface area (Å²) in [5.74, 6) is 0.859. The Balaban J connectivity index is 2.24. The highest BCUT2D eigenvalue weighted by atomic mass is 16.5. The van der Waals surface area contributed by atoms with Crippen molar-refractivity contribution >= 4 is 0 Å². The van der Waals surface area contributed by atoms with Crippen molar-refractivity contribution in [2.45, 2.75) is 52.1 Å². The maximum Gasteiger partial charge on any atom is 0.119 e. The van der Waals surface area contributed by atoms with Crippen molar-refractivity contribution in [1.82, 2.24) is 0 Å². The van der Waals surface area contributed by atoms with Gasteiger partial charge in [0.15, 0.2) is 0 Å². The number of ether oxygens (including phenoxy) is 1. The van der Waals surface area contributed by atoms with Crippen LogP contribution in [0, 0.1) is 12.3 Å². The maximum atomic E-state index is 10.7. The van der Waals surface area contributed by atoms with Crippen LogP contribution in [0.3, 0.4) is 0 Å². The lowest BCUT2D eigenvalue weighted by Gasteiger charge is -2.38. The van der Waals surface area contributed by atoms with Gasteiger partial charge in [0.25, 0.3) is 0 Å². The molecule has 1 atom stereocenters. The number of hydrogen-bond acceptors (Lipinski definition) is 2. The molecule has 2 rings (SSSR count). The molecule has 1 aromatic rings. The van der Waals surface area contributed by atoms with Crippen LogP contribution in [-0.2, 0) is 0 Å². The molecule has 1 aliphatic carbocycles. The van der Waals surface area contributed by atoms with Gasteiger partial charge in [-0.3, -0.25) is 0 Å². The van der Waals surface area contributed by atoms with E-state index in [1.807, 2.05) is 25.1 Å². The van der Waals surface area contributed by atoms with E-state index in [1.165, 1.54) is 19.3 Å². The first-order valence-electron chi connectivity index (χ1n) is 6.89. The molecule has 18 heavy (non-hydrogen) atoms. The summed E-state index contributed by atoms with van der Waals surface area (Å²) in [5.41, 5.74) is 2.21. The van der Waals surface area contributed by atoms with Gasteiger partial charge in [-0.1, -0.05) is 32.3 Å². The molecule has 1 saturated carbocycles. The summed E-state index contributed by atoms with van der Waals surface area (Å²) in [6.07, 6.45) is 5.68. The Bertz CT molecular complexity index is 406. The molecule has 0 aliphatic heterocycles. The molecule has 0 bridgehead atoms. The van der Waals surface area contributed by atoms with Crippen molar-refractivity contribution in [1.29, 1.82) is 0 Å². The number of aliphatic hydroxyl groups excluding tert-OH is 1. The Labute approximate surface area is 110 Å². The predicted octanol–water partition coefficient (Wildman–Crippen LogP) is 4.01. The second-order valence-electron chi connectivity index (χ2n) is 5.84. The Morgan fingerprint density at radius 1 is 1.22 bits per heavy atom. The molecule has 0 saturated heterocycles. The van der Waals surface area contributed by atoms with E-state index in [2.05, 4.69) is 6.92 Å². The van der Waals surface area contributed by atoms with Gasteiger partial charge in [-0.2, -0.15) is 0 Å². The van der Waals surface area contributed by atoms with Crippen LogP contribution in [0.1, 0.15) is 56.3 Å². The van der Waals surface area contributed by atoms with Gasteiger partial charge in [0.05, 0.1) is 13.2 Å². The van der Waals surface area contributed by atoms with Crippen molar-refractivity contribution in [3.8, 4) is 5.75 Å². The highest BCUT2D eigenvalue weighted by Crippen LogP contribution is 2.46. The first-order chi connectivity index (χ1) is 8.57. The van der Waals surface area contributed by atoms with Gasteiger partial charge in [0, 0.05) is 0 Å². The second-order valence-corrected chi connectivity index (χ2v) is 5.84. The molecule has 100 valence electrons. The molecule has 1 aromatic carbocycles. The van der Waals surface area contributed by atoms with Crippen molar-refractivity contribution in [2.24, 2.45) is 5.41 Å². The minimum absolute atomic E-state index is 0.0393. The molecule has 2 nitrogen and oxygen atoms in total. The lowest BCUT2D eigenvalue weighted by atomic mass is 9.69. The van der Waals surface area contributed by atoms with Crippen molar-refractivity contribution in [3.05, 3.63) is 29.3 Å². The molecule has 1 fully saturated rings. The zero-order valence-electron chi connectivity index (χ0n) is 11.7. The molecule has 1 unspecified atom stereocenters. The summed E-state index contributed by atoms with van der Waals surface area (Å²) in [6, 6.07) is 5.96. The Morgan fingerprint density at radius 2 is 1.89 bits per heavy atom. The molecule has 1 aliphatic rings. The fraction of sp³-hybridized carbons (Fsp3) is 0.625. The minimum atomic E-state index is -0.358. The van der Waals surface area contributed by atoms with Crippen LogP contribution in [0.25, 0.3) is 0 Å². The zero-order valence-corrected chi connectivity index (χ0v) is 11.7. The van der Waals surface area contributed by atoms with Crippen LogP contribution >= 0.6 is 0 Å². The summed E-state index contributed by atoms with van der Waals surface area (Å²) in [6.45, 7) is 4.27. The Kier molecular flexibility index (Phi) is 3.96. The summed E-state index contributed by atoms with van der Waals surface area (Å²) in [5, 5.41) is 10.7. The Morgan fingerprint density at radius 3 is 2.44 bits per heavy atom. The molecule has 1 N–H and O–H groups in total. The third-order valence-corrected chi connectivity index (χ3v) is 4.43. The summed E-state index contributed by atoms with van der Waals surface area (Å²) in [7, 11) is 1.67. The van der Waals surface area contributed by atoms with Gasteiger partial charge in [-0.05, 0) is 48.4 Å². The van der Waals surface area contributed by atoms with E-state index in [-0.39, 0.29) is 11.5 Å². The molecule has 0 radical (unpaired) electrons. The SMILES string of the molecule is COc1ccc(C(O)C2(C)CCCCC2)c(C)c1. The fourth-order valence-corrected chi connectivity index (χ4v) is 3.09. The number of hydrogen-bond donors (Lipinski definition) is 1. The van der Waals surface area contributed by atoms with E-state index in [0.29, 0.717) is 0 Å². The summed E-state index contributed by atoms with van der Waals surface area (Å²) < 4.78 is 5.22. The highest BCUT2D eigenvalue weighted by molar-refractivity contribution is 5.36. The normalized spacial score (nSPS) is 20.4. The van der Waals surface area contributed by atoms with Crippen molar-refractivity contribution in [3.63, 3.8) is 0 Å². The molecular formula is C16H24O2. The fourth-order valence-electron chi connectivity index (χ4n) is 3.09. The van der Waals surface area contributed by atoms with Gasteiger partial charge in [0.1, 0.15) is 5.75 Å². The van der Waals surface area contributed by atoms with E-state index >= 15 is 0 Å². The van der Waals surface area contributed by atoms with Crippen molar-refractivity contribution < 1.29 is 9.84 Å². The molecular weight excluding hydrogens is 224 g/mol. The van der Waals surface area contributed by atoms with E-state index in [1.54, 1.807) is 7.11 Å². The largest absolute Gasteiger partial charge is 0.497 e. The van der Waals surface area contributed by atoms with Crippen LogP contribution in [0.5, 0.6) is 5.75 Å². The highest BCUT2D eigenvalue weighted by Gasteiger charge is 2.35. The van der Waals surface area contributed by atoms with Crippen molar-refractivity contribution in [2.75, 3.05) is 7.11 Å². The molecule has 0 amide bonds. The molecule has 0 heterocycles. The average Bonchev–Trinajstić information content (AvgIpc) is 2.38. The van der Waals surface area contributed by atoms with E-state index < -0.39 is 0 Å². The third-order valence-electron chi connectivity index (χ3n) is 4.43. The molecule has 0 aromatic heterocycles. The van der Waals surface area contributed by atoms with E-state index in [4.69, 9.17) is 4.74 Å². The van der Waals surface area contributed by atoms with Crippen LogP contribution in [0.4, 0.5) is 0 Å². The van der Waals surface area contributed by atoms with Gasteiger partial charge >= 0.3 is 0 Å². The maximum absolute atomic E-state index is 10.7. The second kappa shape index (κ2) is 5.31. The average molecular weight is 248 g/mol. The first-order valence-corrected chi connectivity index (χ1v) is 6.89. The monoisotopic (exact) mass is 248 g/mol. The van der Waals surface area contributed by atoms with Crippen LogP contribution in [0.2, 0.25) is 0 Å². The number of benzene rings is 1. The van der Waals surface area contributed by atoms with Gasteiger partial charge < -0.3 is 9.84 Å². The lowest BCUT2D eigenvalue weighted by molar-refractivity contribution is 0.00775. The number of rotatable bonds is 3. The standard InChI is InChI=1S/C16H24O2/c1-12-11-13(18-3)7-8-14(12)15(17)16(2)9-5-4-6-10-16/h7-8,11,15,17H,4-6,9-10H2,1-3H3. The molecule has 0 spiro atoms. The third kappa shape index (κ3) is 2.54. The van der Waals surface area contributed by atoms with Gasteiger partial charge in [0.2, 0.25) is 0 Å². The summed E-state index contributed by atoms with van der Waals surface area (Å²) in [4.78, 5) is 0. The van der Waals surface area contributed by atoms with E-state index in [9.17, 15) is 5.11 Å². The number of aliphatic hydroxyl groups is 1.